The molecule has 1 N–H and O–H groups in total. The Labute approximate surface area is 182 Å². The number of aromatic nitrogens is 2. The molecule has 0 spiro atoms. The van der Waals surface area contributed by atoms with Gasteiger partial charge in [0.15, 0.2) is 11.5 Å². The topological polar surface area (TPSA) is 60.8 Å². The van der Waals surface area contributed by atoms with Crippen LogP contribution in [0.25, 0.3) is 16.9 Å². The Kier molecular flexibility index (Phi) is 5.78. The van der Waals surface area contributed by atoms with Crippen LogP contribution < -0.4 is 19.7 Å². The van der Waals surface area contributed by atoms with Crippen LogP contribution in [0.4, 0.5) is 5.69 Å². The van der Waals surface area contributed by atoms with Crippen molar-refractivity contribution in [2.45, 2.75) is 12.5 Å². The first kappa shape index (κ1) is 19.9. The third-order valence-electron chi connectivity index (χ3n) is 5.86. The summed E-state index contributed by atoms with van der Waals surface area (Å²) in [7, 11) is 1.66. The summed E-state index contributed by atoms with van der Waals surface area (Å²) >= 11 is 0. The van der Waals surface area contributed by atoms with Gasteiger partial charge in [-0.2, -0.15) is 5.10 Å². The smallest absolute Gasteiger partial charge is 0.162 e. The molecule has 2 saturated heterocycles. The second kappa shape index (κ2) is 8.99. The van der Waals surface area contributed by atoms with Gasteiger partial charge in [0.25, 0.3) is 0 Å². The van der Waals surface area contributed by atoms with E-state index < -0.39 is 0 Å². The molecule has 0 saturated carbocycles. The van der Waals surface area contributed by atoms with Gasteiger partial charge in [-0.05, 0) is 48.5 Å². The number of hydrogen-bond donors (Lipinski definition) is 1. The van der Waals surface area contributed by atoms with Crippen LogP contribution in [0.15, 0.2) is 54.7 Å². The highest BCUT2D eigenvalue weighted by molar-refractivity contribution is 5.66. The van der Waals surface area contributed by atoms with Gasteiger partial charge in [-0.3, -0.25) is 0 Å². The number of benzene rings is 2. The van der Waals surface area contributed by atoms with Gasteiger partial charge in [0.2, 0.25) is 0 Å². The third-order valence-corrected chi connectivity index (χ3v) is 5.86. The number of nitrogens with one attached hydrogen (secondary N) is 1. The number of nitrogens with zero attached hydrogens (tertiary/aromatic N) is 3. The van der Waals surface area contributed by atoms with E-state index in [1.807, 2.05) is 35.1 Å². The quantitative estimate of drug-likeness (QED) is 0.661. The van der Waals surface area contributed by atoms with Crippen LogP contribution in [0.5, 0.6) is 11.5 Å². The Hall–Kier alpha value is -3.03. The highest BCUT2D eigenvalue weighted by Crippen LogP contribution is 2.34. The van der Waals surface area contributed by atoms with Gasteiger partial charge < -0.3 is 24.4 Å². The van der Waals surface area contributed by atoms with Crippen molar-refractivity contribution in [3.8, 4) is 28.4 Å². The highest BCUT2D eigenvalue weighted by atomic mass is 16.6. The average Bonchev–Trinajstić information content (AvgIpc) is 3.52. The second-order valence-corrected chi connectivity index (χ2v) is 7.85. The first-order chi connectivity index (χ1) is 15.3. The summed E-state index contributed by atoms with van der Waals surface area (Å²) in [6.45, 7) is 5.48. The van der Waals surface area contributed by atoms with E-state index >= 15 is 0 Å². The Balaban J connectivity index is 1.42. The van der Waals surface area contributed by atoms with Crippen LogP contribution in [0, 0.1) is 0 Å². The average molecular weight is 421 g/mol. The lowest BCUT2D eigenvalue weighted by atomic mass is 10.1. The van der Waals surface area contributed by atoms with Crippen molar-refractivity contribution in [3.05, 3.63) is 54.7 Å². The van der Waals surface area contributed by atoms with E-state index in [0.717, 1.165) is 67.7 Å². The summed E-state index contributed by atoms with van der Waals surface area (Å²) in [6, 6.07) is 16.7. The maximum atomic E-state index is 6.17. The Bertz CT molecular complexity index is 1010. The zero-order valence-corrected chi connectivity index (χ0v) is 17.8. The van der Waals surface area contributed by atoms with Crippen molar-refractivity contribution < 1.29 is 14.2 Å². The minimum Gasteiger partial charge on any atom is -0.493 e. The number of anilines is 1. The van der Waals surface area contributed by atoms with Crippen LogP contribution in [0.2, 0.25) is 0 Å². The van der Waals surface area contributed by atoms with E-state index in [1.54, 1.807) is 7.11 Å². The molecule has 0 aliphatic carbocycles. The monoisotopic (exact) mass is 420 g/mol. The standard InChI is InChI=1S/C24H28N4O3/c1-29-23-7-2-18(16-24(23)31-21-9-15-30-17-21)22-8-10-26-28(22)20-5-3-19(4-6-20)27-13-11-25-12-14-27/h2-8,10,16,21,25H,9,11-15,17H2,1H3/t21-/m1/s1. The van der Waals surface area contributed by atoms with Gasteiger partial charge in [-0.1, -0.05) is 0 Å². The van der Waals surface area contributed by atoms with E-state index in [2.05, 4.69) is 39.6 Å². The summed E-state index contributed by atoms with van der Waals surface area (Å²) in [5.41, 5.74) is 4.31. The lowest BCUT2D eigenvalue weighted by molar-refractivity contribution is 0.138. The lowest BCUT2D eigenvalue weighted by Crippen LogP contribution is -2.43. The highest BCUT2D eigenvalue weighted by Gasteiger charge is 2.20. The molecule has 1 aromatic heterocycles. The fourth-order valence-electron chi connectivity index (χ4n) is 4.17. The molecule has 0 radical (unpaired) electrons. The maximum absolute atomic E-state index is 6.17. The van der Waals surface area contributed by atoms with Crippen molar-refractivity contribution >= 4 is 5.69 Å². The van der Waals surface area contributed by atoms with Crippen molar-refractivity contribution in [1.29, 1.82) is 0 Å². The van der Waals surface area contributed by atoms with Gasteiger partial charge in [-0.25, -0.2) is 4.68 Å². The second-order valence-electron chi connectivity index (χ2n) is 7.85. The number of methoxy groups -OCH3 is 1. The fourth-order valence-corrected chi connectivity index (χ4v) is 4.17. The molecule has 31 heavy (non-hydrogen) atoms. The van der Waals surface area contributed by atoms with Crippen molar-refractivity contribution in [1.82, 2.24) is 15.1 Å². The normalized spacial score (nSPS) is 18.9. The van der Waals surface area contributed by atoms with Gasteiger partial charge >= 0.3 is 0 Å². The summed E-state index contributed by atoms with van der Waals surface area (Å²) in [5, 5.41) is 7.98. The molecule has 7 heteroatoms. The number of hydrogen-bond acceptors (Lipinski definition) is 6. The molecule has 2 aliphatic rings. The molecule has 1 atom stereocenters. The first-order valence-electron chi connectivity index (χ1n) is 10.8. The predicted molar refractivity (Wildman–Crippen MR) is 120 cm³/mol. The van der Waals surface area contributed by atoms with Gasteiger partial charge in [0, 0.05) is 43.9 Å². The van der Waals surface area contributed by atoms with Gasteiger partial charge in [-0.15, -0.1) is 0 Å². The number of rotatable bonds is 6. The van der Waals surface area contributed by atoms with Crippen molar-refractivity contribution in [2.24, 2.45) is 0 Å². The Morgan fingerprint density at radius 3 is 2.55 bits per heavy atom. The SMILES string of the molecule is COc1ccc(-c2ccnn2-c2ccc(N3CCNCC3)cc2)cc1O[C@@H]1CCOC1. The number of piperazine rings is 1. The Morgan fingerprint density at radius 2 is 1.81 bits per heavy atom. The molecule has 2 fully saturated rings. The zero-order chi connectivity index (χ0) is 21.0. The minimum atomic E-state index is 0.0617. The molecule has 0 bridgehead atoms. The molecular formula is C24H28N4O3. The maximum Gasteiger partial charge on any atom is 0.162 e. The van der Waals surface area contributed by atoms with Crippen LogP contribution in [0.1, 0.15) is 6.42 Å². The van der Waals surface area contributed by atoms with Crippen LogP contribution >= 0.6 is 0 Å². The zero-order valence-electron chi connectivity index (χ0n) is 17.8. The minimum absolute atomic E-state index is 0.0617. The van der Waals surface area contributed by atoms with Crippen LogP contribution in [-0.2, 0) is 4.74 Å². The molecule has 3 heterocycles. The van der Waals surface area contributed by atoms with E-state index in [9.17, 15) is 0 Å². The van der Waals surface area contributed by atoms with E-state index in [0.29, 0.717) is 6.61 Å². The Morgan fingerprint density at radius 1 is 1.00 bits per heavy atom. The summed E-state index contributed by atoms with van der Waals surface area (Å²) in [4.78, 5) is 2.41. The molecular weight excluding hydrogens is 392 g/mol. The fraction of sp³-hybridized carbons (Fsp3) is 0.375. The van der Waals surface area contributed by atoms with Crippen molar-refractivity contribution in [3.63, 3.8) is 0 Å². The molecule has 2 aliphatic heterocycles. The molecule has 2 aromatic carbocycles. The van der Waals surface area contributed by atoms with Crippen molar-refractivity contribution in [2.75, 3.05) is 51.4 Å². The summed E-state index contributed by atoms with van der Waals surface area (Å²) < 4.78 is 19.1. The molecule has 0 amide bonds. The third kappa shape index (κ3) is 4.24. The first-order valence-corrected chi connectivity index (χ1v) is 10.8. The van der Waals surface area contributed by atoms with Gasteiger partial charge in [0.1, 0.15) is 6.10 Å². The van der Waals surface area contributed by atoms with E-state index in [4.69, 9.17) is 14.2 Å². The summed E-state index contributed by atoms with van der Waals surface area (Å²) in [5.74, 6) is 1.46. The molecule has 3 aromatic rings. The van der Waals surface area contributed by atoms with E-state index in [-0.39, 0.29) is 6.10 Å². The molecule has 162 valence electrons. The van der Waals surface area contributed by atoms with Crippen LogP contribution in [0.3, 0.4) is 0 Å². The molecule has 7 nitrogen and oxygen atoms in total. The van der Waals surface area contributed by atoms with Crippen LogP contribution in [-0.4, -0.2) is 62.4 Å². The number of ether oxygens (including phenoxy) is 3. The summed E-state index contributed by atoms with van der Waals surface area (Å²) in [6.07, 6.45) is 2.78. The predicted octanol–water partition coefficient (Wildman–Crippen LogP) is 3.13. The molecule has 0 unspecified atom stereocenters. The molecule has 5 rings (SSSR count). The lowest BCUT2D eigenvalue weighted by Gasteiger charge is -2.29. The van der Waals surface area contributed by atoms with E-state index in [1.165, 1.54) is 5.69 Å². The largest absolute Gasteiger partial charge is 0.493 e. The van der Waals surface area contributed by atoms with Gasteiger partial charge in [0.05, 0.1) is 37.9 Å².